The van der Waals surface area contributed by atoms with Crippen molar-refractivity contribution >= 4 is 0 Å². The lowest BCUT2D eigenvalue weighted by molar-refractivity contribution is 0.306. The minimum Gasteiger partial charge on any atom is -0.489 e. The number of nitriles is 2. The maximum Gasteiger partial charge on any atom is 0.121 e. The number of ether oxygens (including phenoxy) is 1. The van der Waals surface area contributed by atoms with Gasteiger partial charge in [-0.25, -0.2) is 0 Å². The van der Waals surface area contributed by atoms with E-state index in [2.05, 4.69) is 5.92 Å². The summed E-state index contributed by atoms with van der Waals surface area (Å²) in [5, 5.41) is 17.8. The Hall–Kier alpha value is -3.22. The van der Waals surface area contributed by atoms with Crippen molar-refractivity contribution in [3.8, 4) is 30.2 Å². The number of nitrogens with zero attached hydrogens (tertiary/aromatic N) is 2. The van der Waals surface area contributed by atoms with E-state index in [1.54, 1.807) is 18.2 Å². The summed E-state index contributed by atoms with van der Waals surface area (Å²) in [6, 6.07) is 16.2. The predicted octanol–water partition coefficient (Wildman–Crippen LogP) is 2.99. The third kappa shape index (κ3) is 2.96. The lowest BCUT2D eigenvalue weighted by Gasteiger charge is -2.07. The van der Waals surface area contributed by atoms with Crippen LogP contribution >= 0.6 is 0 Å². The van der Waals surface area contributed by atoms with Crippen molar-refractivity contribution in [3.05, 3.63) is 64.7 Å². The highest BCUT2D eigenvalue weighted by molar-refractivity contribution is 5.49. The van der Waals surface area contributed by atoms with E-state index in [0.29, 0.717) is 23.5 Å². The average Bonchev–Trinajstić information content (AvgIpc) is 2.53. The van der Waals surface area contributed by atoms with Gasteiger partial charge in [-0.2, -0.15) is 10.5 Å². The van der Waals surface area contributed by atoms with Gasteiger partial charge in [-0.1, -0.05) is 18.1 Å². The van der Waals surface area contributed by atoms with E-state index in [1.807, 2.05) is 36.4 Å². The highest BCUT2D eigenvalue weighted by Gasteiger charge is 2.04. The molecule has 20 heavy (non-hydrogen) atoms. The second-order valence-corrected chi connectivity index (χ2v) is 4.06. The minimum absolute atomic E-state index is 0.313. The smallest absolute Gasteiger partial charge is 0.121 e. The molecule has 0 saturated carbocycles. The fraction of sp³-hybridized carbons (Fsp3) is 0.0588. The predicted molar refractivity (Wildman–Crippen MR) is 74.6 cm³/mol. The molecule has 0 unspecified atom stereocenters. The molecule has 2 rings (SSSR count). The molecule has 2 aromatic carbocycles. The fourth-order valence-corrected chi connectivity index (χ4v) is 1.67. The zero-order valence-electron chi connectivity index (χ0n) is 10.6. The van der Waals surface area contributed by atoms with Crippen molar-refractivity contribution in [3.63, 3.8) is 0 Å². The van der Waals surface area contributed by atoms with Crippen LogP contribution in [0.5, 0.6) is 5.75 Å². The second kappa shape index (κ2) is 6.10. The Morgan fingerprint density at radius 3 is 2.25 bits per heavy atom. The highest BCUT2D eigenvalue weighted by Crippen LogP contribution is 2.18. The van der Waals surface area contributed by atoms with Crippen LogP contribution < -0.4 is 4.74 Å². The minimum atomic E-state index is 0.313. The number of hydrogen-bond acceptors (Lipinski definition) is 3. The van der Waals surface area contributed by atoms with Gasteiger partial charge in [0, 0.05) is 5.56 Å². The first-order chi connectivity index (χ1) is 9.76. The monoisotopic (exact) mass is 258 g/mol. The van der Waals surface area contributed by atoms with Crippen LogP contribution in [0.4, 0.5) is 0 Å². The van der Waals surface area contributed by atoms with Crippen molar-refractivity contribution in [1.82, 2.24) is 0 Å². The van der Waals surface area contributed by atoms with Crippen molar-refractivity contribution in [1.29, 1.82) is 10.5 Å². The maximum atomic E-state index is 8.94. The van der Waals surface area contributed by atoms with E-state index in [0.717, 1.165) is 11.1 Å². The summed E-state index contributed by atoms with van der Waals surface area (Å²) >= 11 is 0. The van der Waals surface area contributed by atoms with Crippen LogP contribution in [0.1, 0.15) is 22.3 Å². The summed E-state index contributed by atoms with van der Waals surface area (Å²) in [7, 11) is 0. The van der Waals surface area contributed by atoms with Crippen LogP contribution in [-0.2, 0) is 6.61 Å². The Bertz CT molecular complexity index is 741. The van der Waals surface area contributed by atoms with Gasteiger partial charge in [0.25, 0.3) is 0 Å². The molecule has 94 valence electrons. The third-order valence-corrected chi connectivity index (χ3v) is 2.76. The Morgan fingerprint density at radius 2 is 1.65 bits per heavy atom. The highest BCUT2D eigenvalue weighted by atomic mass is 16.5. The molecule has 0 aromatic heterocycles. The quantitative estimate of drug-likeness (QED) is 0.795. The SMILES string of the molecule is C#Cc1ccc(COc2ccc(C#N)c(C#N)c2)cc1. The molecule has 0 heterocycles. The molecule has 3 heteroatoms. The van der Waals surface area contributed by atoms with Gasteiger partial charge in [0.1, 0.15) is 24.5 Å². The molecule has 0 radical (unpaired) electrons. The Morgan fingerprint density at radius 1 is 0.950 bits per heavy atom. The van der Waals surface area contributed by atoms with E-state index >= 15 is 0 Å². The number of hydrogen-bond donors (Lipinski definition) is 0. The molecule has 0 aliphatic heterocycles. The first-order valence-corrected chi connectivity index (χ1v) is 5.89. The molecule has 3 nitrogen and oxygen atoms in total. The second-order valence-electron chi connectivity index (χ2n) is 4.06. The lowest BCUT2D eigenvalue weighted by atomic mass is 10.1. The molecule has 0 aliphatic carbocycles. The summed E-state index contributed by atoms with van der Waals surface area (Å²) in [5.41, 5.74) is 2.46. The van der Waals surface area contributed by atoms with Gasteiger partial charge in [0.2, 0.25) is 0 Å². The zero-order valence-corrected chi connectivity index (χ0v) is 10.6. The van der Waals surface area contributed by atoms with Crippen molar-refractivity contribution in [2.24, 2.45) is 0 Å². The van der Waals surface area contributed by atoms with Gasteiger partial charge in [-0.05, 0) is 35.9 Å². The van der Waals surface area contributed by atoms with Gasteiger partial charge in [0.05, 0.1) is 11.1 Å². The van der Waals surface area contributed by atoms with Gasteiger partial charge in [0.15, 0.2) is 0 Å². The molecule has 0 bridgehead atoms. The van der Waals surface area contributed by atoms with E-state index in [4.69, 9.17) is 21.7 Å². The van der Waals surface area contributed by atoms with Gasteiger partial charge >= 0.3 is 0 Å². The summed E-state index contributed by atoms with van der Waals surface area (Å²) in [6.07, 6.45) is 5.29. The topological polar surface area (TPSA) is 56.8 Å². The normalized spacial score (nSPS) is 9.05. The average molecular weight is 258 g/mol. The van der Waals surface area contributed by atoms with Crippen LogP contribution in [0, 0.1) is 35.0 Å². The van der Waals surface area contributed by atoms with Crippen molar-refractivity contribution < 1.29 is 4.74 Å². The van der Waals surface area contributed by atoms with Crippen LogP contribution in [0.3, 0.4) is 0 Å². The van der Waals surface area contributed by atoms with E-state index in [9.17, 15) is 0 Å². The molecule has 2 aromatic rings. The first kappa shape index (κ1) is 13.2. The molecule has 0 fully saturated rings. The number of terminal acetylenes is 1. The van der Waals surface area contributed by atoms with Crippen molar-refractivity contribution in [2.45, 2.75) is 6.61 Å². The molecule has 0 amide bonds. The van der Waals surface area contributed by atoms with Crippen molar-refractivity contribution in [2.75, 3.05) is 0 Å². The largest absolute Gasteiger partial charge is 0.489 e. The number of benzene rings is 2. The Kier molecular flexibility index (Phi) is 4.03. The van der Waals surface area contributed by atoms with E-state index in [-0.39, 0.29) is 0 Å². The molecule has 0 spiro atoms. The van der Waals surface area contributed by atoms with Crippen LogP contribution in [-0.4, -0.2) is 0 Å². The molecule has 0 saturated heterocycles. The first-order valence-electron chi connectivity index (χ1n) is 5.89. The lowest BCUT2D eigenvalue weighted by Crippen LogP contribution is -1.96. The molecule has 0 aliphatic rings. The van der Waals surface area contributed by atoms with Gasteiger partial charge < -0.3 is 4.74 Å². The maximum absolute atomic E-state index is 8.94. The molecule has 0 atom stereocenters. The molecular formula is C17H10N2O. The molecular weight excluding hydrogens is 248 g/mol. The molecule has 0 N–H and O–H groups in total. The Balaban J connectivity index is 2.09. The number of rotatable bonds is 3. The van der Waals surface area contributed by atoms with Gasteiger partial charge in [-0.3, -0.25) is 0 Å². The zero-order chi connectivity index (χ0) is 14.4. The summed E-state index contributed by atoms with van der Waals surface area (Å²) in [5.74, 6) is 3.11. The summed E-state index contributed by atoms with van der Waals surface area (Å²) in [4.78, 5) is 0. The van der Waals surface area contributed by atoms with Crippen LogP contribution in [0.15, 0.2) is 42.5 Å². The third-order valence-electron chi connectivity index (χ3n) is 2.76. The standard InChI is InChI=1S/C17H10N2O/c1-2-13-3-5-14(6-4-13)12-20-17-8-7-15(10-18)16(9-17)11-19/h1,3-9H,12H2. The fourth-order valence-electron chi connectivity index (χ4n) is 1.67. The Labute approximate surface area is 117 Å². The summed E-state index contributed by atoms with van der Waals surface area (Å²) in [6.45, 7) is 0.377. The van der Waals surface area contributed by atoms with Crippen LogP contribution in [0.25, 0.3) is 0 Å². The summed E-state index contributed by atoms with van der Waals surface area (Å²) < 4.78 is 5.60. The van der Waals surface area contributed by atoms with Gasteiger partial charge in [-0.15, -0.1) is 6.42 Å². The van der Waals surface area contributed by atoms with E-state index in [1.165, 1.54) is 0 Å². The van der Waals surface area contributed by atoms with E-state index < -0.39 is 0 Å². The van der Waals surface area contributed by atoms with Crippen LogP contribution in [0.2, 0.25) is 0 Å².